The number of imidazole rings is 2. The smallest absolute Gasteiger partial charge is 0.274 e. The number of H-pyrrole nitrogens is 1. The molecule has 26 heavy (non-hydrogen) atoms. The van der Waals surface area contributed by atoms with Crippen molar-refractivity contribution in [2.45, 2.75) is 18.8 Å². The van der Waals surface area contributed by atoms with Gasteiger partial charge in [0, 0.05) is 25.2 Å². The highest BCUT2D eigenvalue weighted by atomic mass is 16.2. The minimum absolute atomic E-state index is 0.0305. The summed E-state index contributed by atoms with van der Waals surface area (Å²) in [6.45, 7) is 1.40. The fourth-order valence-corrected chi connectivity index (χ4v) is 3.69. The molecule has 1 aliphatic rings. The molecule has 1 unspecified atom stereocenters. The van der Waals surface area contributed by atoms with E-state index in [1.165, 1.54) is 0 Å². The van der Waals surface area contributed by atoms with Crippen molar-refractivity contribution in [1.82, 2.24) is 29.5 Å². The van der Waals surface area contributed by atoms with Crippen LogP contribution in [0.4, 0.5) is 0 Å². The Hall–Kier alpha value is -3.22. The van der Waals surface area contributed by atoms with E-state index in [1.54, 1.807) is 16.9 Å². The number of hydrogen-bond donors (Lipinski definition) is 1. The van der Waals surface area contributed by atoms with Crippen molar-refractivity contribution in [2.24, 2.45) is 0 Å². The van der Waals surface area contributed by atoms with Gasteiger partial charge in [-0.25, -0.2) is 14.5 Å². The van der Waals surface area contributed by atoms with Crippen LogP contribution in [0.15, 0.2) is 48.8 Å². The summed E-state index contributed by atoms with van der Waals surface area (Å²) in [5.41, 5.74) is 3.20. The molecule has 1 N–H and O–H groups in total. The van der Waals surface area contributed by atoms with Crippen molar-refractivity contribution >= 4 is 22.6 Å². The van der Waals surface area contributed by atoms with E-state index >= 15 is 0 Å². The van der Waals surface area contributed by atoms with Gasteiger partial charge in [0.15, 0.2) is 11.3 Å². The molecule has 0 radical (unpaired) electrons. The molecule has 5 rings (SSSR count). The van der Waals surface area contributed by atoms with Gasteiger partial charge < -0.3 is 9.88 Å². The van der Waals surface area contributed by atoms with E-state index in [9.17, 15) is 4.79 Å². The highest BCUT2D eigenvalue weighted by Gasteiger charge is 2.29. The average Bonchev–Trinajstić information content (AvgIpc) is 3.32. The van der Waals surface area contributed by atoms with E-state index in [1.807, 2.05) is 41.3 Å². The van der Waals surface area contributed by atoms with Gasteiger partial charge in [0.2, 0.25) is 0 Å². The van der Waals surface area contributed by atoms with Crippen LogP contribution in [0.2, 0.25) is 0 Å². The highest BCUT2D eigenvalue weighted by Crippen LogP contribution is 2.27. The number of aromatic nitrogens is 5. The summed E-state index contributed by atoms with van der Waals surface area (Å²) < 4.78 is 1.60. The Morgan fingerprint density at radius 3 is 3.04 bits per heavy atom. The monoisotopic (exact) mass is 346 g/mol. The Balaban J connectivity index is 1.42. The number of aromatic amines is 1. The summed E-state index contributed by atoms with van der Waals surface area (Å²) in [5.74, 6) is 1.14. The van der Waals surface area contributed by atoms with Gasteiger partial charge in [-0.15, -0.1) is 0 Å². The number of amides is 1. The number of nitrogens with zero attached hydrogens (tertiary/aromatic N) is 5. The minimum Gasteiger partial charge on any atom is -0.342 e. The third-order valence-electron chi connectivity index (χ3n) is 5.00. The van der Waals surface area contributed by atoms with Crippen molar-refractivity contribution in [2.75, 3.05) is 13.1 Å². The molecule has 0 bridgehead atoms. The third-order valence-corrected chi connectivity index (χ3v) is 5.00. The summed E-state index contributed by atoms with van der Waals surface area (Å²) >= 11 is 0. The van der Waals surface area contributed by atoms with Gasteiger partial charge >= 0.3 is 0 Å². The summed E-state index contributed by atoms with van der Waals surface area (Å²) in [6, 6.07) is 11.7. The number of piperidine rings is 1. The molecular weight excluding hydrogens is 328 g/mol. The normalized spacial score (nSPS) is 17.8. The maximum atomic E-state index is 13.0. The van der Waals surface area contributed by atoms with Gasteiger partial charge in [-0.2, -0.15) is 5.10 Å². The largest absolute Gasteiger partial charge is 0.342 e. The van der Waals surface area contributed by atoms with Crippen LogP contribution in [0.5, 0.6) is 0 Å². The van der Waals surface area contributed by atoms with Crippen molar-refractivity contribution in [3.05, 3.63) is 60.3 Å². The van der Waals surface area contributed by atoms with E-state index in [4.69, 9.17) is 4.98 Å². The number of likely N-dealkylation sites (tertiary alicyclic amines) is 1. The first-order valence-electron chi connectivity index (χ1n) is 8.82. The first-order chi connectivity index (χ1) is 12.8. The first kappa shape index (κ1) is 15.1. The lowest BCUT2D eigenvalue weighted by molar-refractivity contribution is 0.0696. The van der Waals surface area contributed by atoms with Gasteiger partial charge in [0.05, 0.1) is 17.2 Å². The zero-order chi connectivity index (χ0) is 17.5. The molecule has 1 saturated heterocycles. The summed E-state index contributed by atoms with van der Waals surface area (Å²) in [7, 11) is 0. The van der Waals surface area contributed by atoms with Crippen molar-refractivity contribution in [3.63, 3.8) is 0 Å². The van der Waals surface area contributed by atoms with Crippen LogP contribution in [0, 0.1) is 0 Å². The van der Waals surface area contributed by atoms with Crippen LogP contribution >= 0.6 is 0 Å². The van der Waals surface area contributed by atoms with Crippen molar-refractivity contribution in [1.29, 1.82) is 0 Å². The SMILES string of the molecule is O=C(c1cnc2cccnn12)N1CCCC(c2nc3ccccc3[nH]2)C1. The van der Waals surface area contributed by atoms with E-state index in [0.29, 0.717) is 17.9 Å². The summed E-state index contributed by atoms with van der Waals surface area (Å²) in [5, 5.41) is 4.25. The second-order valence-electron chi connectivity index (χ2n) is 6.67. The molecule has 0 saturated carbocycles. The molecule has 0 spiro atoms. The number of carbonyl (C=O) groups excluding carboxylic acids is 1. The molecule has 1 atom stereocenters. The molecular formula is C19H18N6O. The van der Waals surface area contributed by atoms with Crippen LogP contribution < -0.4 is 0 Å². The zero-order valence-electron chi connectivity index (χ0n) is 14.2. The molecule has 3 aromatic heterocycles. The molecule has 0 aliphatic carbocycles. The van der Waals surface area contributed by atoms with Crippen molar-refractivity contribution in [3.8, 4) is 0 Å². The van der Waals surface area contributed by atoms with E-state index in [0.717, 1.165) is 36.2 Å². The van der Waals surface area contributed by atoms with Gasteiger partial charge in [-0.3, -0.25) is 4.79 Å². The number of rotatable bonds is 2. The fourth-order valence-electron chi connectivity index (χ4n) is 3.69. The second-order valence-corrected chi connectivity index (χ2v) is 6.67. The Kier molecular flexibility index (Phi) is 3.44. The second kappa shape index (κ2) is 5.94. The molecule has 1 amide bonds. The van der Waals surface area contributed by atoms with Gasteiger partial charge in [-0.1, -0.05) is 12.1 Å². The first-order valence-corrected chi connectivity index (χ1v) is 8.82. The predicted octanol–water partition coefficient (Wildman–Crippen LogP) is 2.63. The summed E-state index contributed by atoms with van der Waals surface area (Å²) in [6.07, 6.45) is 5.25. The van der Waals surface area contributed by atoms with Gasteiger partial charge in [0.25, 0.3) is 5.91 Å². The molecule has 130 valence electrons. The molecule has 1 aliphatic heterocycles. The molecule has 7 heteroatoms. The quantitative estimate of drug-likeness (QED) is 0.605. The number of fused-ring (bicyclic) bond motifs is 2. The lowest BCUT2D eigenvalue weighted by Gasteiger charge is -2.31. The molecule has 1 aromatic carbocycles. The summed E-state index contributed by atoms with van der Waals surface area (Å²) in [4.78, 5) is 27.3. The van der Waals surface area contributed by atoms with E-state index in [2.05, 4.69) is 15.1 Å². The number of benzene rings is 1. The molecule has 7 nitrogen and oxygen atoms in total. The lowest BCUT2D eigenvalue weighted by atomic mass is 9.97. The van der Waals surface area contributed by atoms with Gasteiger partial charge in [0.1, 0.15) is 5.82 Å². The number of para-hydroxylation sites is 2. The van der Waals surface area contributed by atoms with Crippen LogP contribution in [0.3, 0.4) is 0 Å². The van der Waals surface area contributed by atoms with Crippen molar-refractivity contribution < 1.29 is 4.79 Å². The molecule has 1 fully saturated rings. The topological polar surface area (TPSA) is 79.2 Å². The predicted molar refractivity (Wildman–Crippen MR) is 97.0 cm³/mol. The third kappa shape index (κ3) is 2.44. The van der Waals surface area contributed by atoms with E-state index < -0.39 is 0 Å². The minimum atomic E-state index is -0.0305. The Labute approximate surface area is 149 Å². The Morgan fingerprint density at radius 1 is 1.19 bits per heavy atom. The maximum absolute atomic E-state index is 13.0. The van der Waals surface area contributed by atoms with Crippen LogP contribution in [0.25, 0.3) is 16.7 Å². The van der Waals surface area contributed by atoms with Crippen LogP contribution in [0.1, 0.15) is 35.1 Å². The number of nitrogens with one attached hydrogen (secondary N) is 1. The zero-order valence-corrected chi connectivity index (χ0v) is 14.2. The average molecular weight is 346 g/mol. The number of hydrogen-bond acceptors (Lipinski definition) is 4. The van der Waals surface area contributed by atoms with Gasteiger partial charge in [-0.05, 0) is 37.1 Å². The highest BCUT2D eigenvalue weighted by molar-refractivity contribution is 5.93. The van der Waals surface area contributed by atoms with E-state index in [-0.39, 0.29) is 11.8 Å². The molecule has 4 aromatic rings. The van der Waals surface area contributed by atoms with Crippen LogP contribution in [-0.2, 0) is 0 Å². The Morgan fingerprint density at radius 2 is 2.12 bits per heavy atom. The molecule has 4 heterocycles. The Bertz CT molecular complexity index is 1060. The lowest BCUT2D eigenvalue weighted by Crippen LogP contribution is -2.40. The maximum Gasteiger partial charge on any atom is 0.274 e. The number of carbonyl (C=O) groups is 1. The van der Waals surface area contributed by atoms with Crippen LogP contribution in [-0.4, -0.2) is 48.5 Å². The standard InChI is InChI=1S/C19H18N6O/c26-19(16-11-20-17-8-3-9-21-25(16)17)24-10-4-5-13(12-24)18-22-14-6-1-2-7-15(14)23-18/h1-3,6-9,11,13H,4-5,10,12H2,(H,22,23). The fraction of sp³-hybridized carbons (Fsp3) is 0.263.